The van der Waals surface area contributed by atoms with Gasteiger partial charge in [-0.3, -0.25) is 4.79 Å². The summed E-state index contributed by atoms with van der Waals surface area (Å²) >= 11 is 0. The molecule has 0 rings (SSSR count). The van der Waals surface area contributed by atoms with Crippen LogP contribution in [0, 0.1) is 16.7 Å². The van der Waals surface area contributed by atoms with E-state index in [2.05, 4.69) is 0 Å². The Hall–Kier alpha value is -1.08. The maximum Gasteiger partial charge on any atom is 0.242 e. The molecule has 0 unspecified atom stereocenters. The lowest BCUT2D eigenvalue weighted by Gasteiger charge is -2.23. The van der Waals surface area contributed by atoms with E-state index in [0.29, 0.717) is 13.2 Å². The normalized spacial score (nSPS) is 10.8. The molecule has 4 heteroatoms. The molecule has 0 aliphatic rings. The van der Waals surface area contributed by atoms with Crippen molar-refractivity contribution in [3.05, 3.63) is 0 Å². The van der Waals surface area contributed by atoms with Crippen LogP contribution >= 0.6 is 0 Å². The second-order valence-corrected chi connectivity index (χ2v) is 3.81. The minimum atomic E-state index is -0.929. The van der Waals surface area contributed by atoms with Crippen LogP contribution in [0.4, 0.5) is 0 Å². The van der Waals surface area contributed by atoms with E-state index in [1.807, 2.05) is 6.07 Å². The monoisotopic (exact) mass is 198 g/mol. The Kier molecular flexibility index (Phi) is 5.18. The number of hydrogen-bond donors (Lipinski definition) is 0. The van der Waals surface area contributed by atoms with Gasteiger partial charge in [0, 0.05) is 27.3 Å². The predicted molar refractivity (Wildman–Crippen MR) is 53.5 cm³/mol. The van der Waals surface area contributed by atoms with Gasteiger partial charge in [-0.2, -0.15) is 5.26 Å². The summed E-state index contributed by atoms with van der Waals surface area (Å²) in [6.07, 6.45) is 0.792. The van der Waals surface area contributed by atoms with Gasteiger partial charge in [-0.25, -0.2) is 0 Å². The van der Waals surface area contributed by atoms with Crippen LogP contribution in [0.15, 0.2) is 0 Å². The third-order valence-corrected chi connectivity index (χ3v) is 2.00. The van der Waals surface area contributed by atoms with Gasteiger partial charge >= 0.3 is 0 Å². The van der Waals surface area contributed by atoms with Crippen LogP contribution in [0.3, 0.4) is 0 Å². The fraction of sp³-hybridized carbons (Fsp3) is 0.800. The minimum absolute atomic E-state index is 0.142. The maximum absolute atomic E-state index is 11.7. The summed E-state index contributed by atoms with van der Waals surface area (Å²) in [6.45, 7) is 4.51. The van der Waals surface area contributed by atoms with Crippen molar-refractivity contribution in [1.82, 2.24) is 4.90 Å². The zero-order valence-corrected chi connectivity index (χ0v) is 9.33. The first-order valence-corrected chi connectivity index (χ1v) is 4.61. The van der Waals surface area contributed by atoms with Gasteiger partial charge in [0.15, 0.2) is 0 Å². The van der Waals surface area contributed by atoms with Gasteiger partial charge in [-0.05, 0) is 20.3 Å². The van der Waals surface area contributed by atoms with Crippen LogP contribution in [0.5, 0.6) is 0 Å². The molecular weight excluding hydrogens is 180 g/mol. The number of hydrogen-bond acceptors (Lipinski definition) is 3. The molecule has 0 heterocycles. The third-order valence-electron chi connectivity index (χ3n) is 2.00. The molecule has 0 atom stereocenters. The Morgan fingerprint density at radius 2 is 2.14 bits per heavy atom. The van der Waals surface area contributed by atoms with Gasteiger partial charge in [0.1, 0.15) is 5.41 Å². The fourth-order valence-corrected chi connectivity index (χ4v) is 1.07. The number of methoxy groups -OCH3 is 1. The van der Waals surface area contributed by atoms with Crippen LogP contribution in [0.1, 0.15) is 20.3 Å². The molecule has 0 radical (unpaired) electrons. The molecule has 0 aromatic carbocycles. The van der Waals surface area contributed by atoms with Crippen molar-refractivity contribution in [3.63, 3.8) is 0 Å². The number of amides is 1. The SMILES string of the molecule is COCCCN(C)C(=O)C(C)(C)C#N. The van der Waals surface area contributed by atoms with Crippen molar-refractivity contribution in [2.75, 3.05) is 27.3 Å². The van der Waals surface area contributed by atoms with Gasteiger partial charge in [0.05, 0.1) is 6.07 Å². The zero-order chi connectivity index (χ0) is 11.2. The predicted octanol–water partition coefficient (Wildman–Crippen LogP) is 1.03. The van der Waals surface area contributed by atoms with Gasteiger partial charge in [-0.1, -0.05) is 0 Å². The summed E-state index contributed by atoms with van der Waals surface area (Å²) in [6, 6.07) is 1.99. The molecule has 1 amide bonds. The number of rotatable bonds is 5. The molecule has 4 nitrogen and oxygen atoms in total. The van der Waals surface area contributed by atoms with Gasteiger partial charge in [-0.15, -0.1) is 0 Å². The molecule has 0 bridgehead atoms. The average Bonchev–Trinajstić information content (AvgIpc) is 2.17. The lowest BCUT2D eigenvalue weighted by Crippen LogP contribution is -2.38. The molecule has 0 saturated carbocycles. The molecule has 0 spiro atoms. The van der Waals surface area contributed by atoms with E-state index in [0.717, 1.165) is 6.42 Å². The molecule has 14 heavy (non-hydrogen) atoms. The summed E-state index contributed by atoms with van der Waals surface area (Å²) in [7, 11) is 3.33. The molecule has 0 N–H and O–H groups in total. The Bertz CT molecular complexity index is 231. The number of ether oxygens (including phenoxy) is 1. The van der Waals surface area contributed by atoms with Crippen molar-refractivity contribution in [2.24, 2.45) is 5.41 Å². The van der Waals surface area contributed by atoms with E-state index in [1.165, 1.54) is 0 Å². The fourth-order valence-electron chi connectivity index (χ4n) is 1.07. The first kappa shape index (κ1) is 12.9. The summed E-state index contributed by atoms with van der Waals surface area (Å²) < 4.78 is 4.88. The molecule has 0 aliphatic heterocycles. The van der Waals surface area contributed by atoms with Crippen LogP contribution < -0.4 is 0 Å². The molecule has 0 aromatic rings. The Morgan fingerprint density at radius 3 is 2.57 bits per heavy atom. The lowest BCUT2D eigenvalue weighted by molar-refractivity contribution is -0.136. The van der Waals surface area contributed by atoms with Crippen LogP contribution in [0.25, 0.3) is 0 Å². The zero-order valence-electron chi connectivity index (χ0n) is 9.33. The Balaban J connectivity index is 4.07. The summed E-state index contributed by atoms with van der Waals surface area (Å²) in [5.74, 6) is -0.142. The largest absolute Gasteiger partial charge is 0.385 e. The second kappa shape index (κ2) is 5.61. The molecular formula is C10H18N2O2. The molecule has 0 fully saturated rings. The molecule has 80 valence electrons. The average molecular weight is 198 g/mol. The first-order valence-electron chi connectivity index (χ1n) is 4.61. The minimum Gasteiger partial charge on any atom is -0.385 e. The summed E-state index contributed by atoms with van der Waals surface area (Å²) in [5, 5.41) is 8.76. The topological polar surface area (TPSA) is 53.3 Å². The van der Waals surface area contributed by atoms with Crippen molar-refractivity contribution < 1.29 is 9.53 Å². The number of nitrogens with zero attached hydrogens (tertiary/aromatic N) is 2. The van der Waals surface area contributed by atoms with Crippen LogP contribution in [-0.2, 0) is 9.53 Å². The van der Waals surface area contributed by atoms with E-state index >= 15 is 0 Å². The second-order valence-electron chi connectivity index (χ2n) is 3.81. The number of carbonyl (C=O) groups is 1. The van der Waals surface area contributed by atoms with E-state index in [1.54, 1.807) is 32.9 Å². The summed E-state index contributed by atoms with van der Waals surface area (Å²) in [5.41, 5.74) is -0.929. The maximum atomic E-state index is 11.7. The highest BCUT2D eigenvalue weighted by atomic mass is 16.5. The Morgan fingerprint density at radius 1 is 1.57 bits per heavy atom. The lowest BCUT2D eigenvalue weighted by atomic mass is 9.94. The van der Waals surface area contributed by atoms with Crippen molar-refractivity contribution in [3.8, 4) is 6.07 Å². The van der Waals surface area contributed by atoms with Crippen molar-refractivity contribution >= 4 is 5.91 Å². The van der Waals surface area contributed by atoms with Gasteiger partial charge < -0.3 is 9.64 Å². The van der Waals surface area contributed by atoms with Crippen LogP contribution in [-0.4, -0.2) is 38.1 Å². The van der Waals surface area contributed by atoms with Crippen molar-refractivity contribution in [1.29, 1.82) is 5.26 Å². The number of nitriles is 1. The smallest absolute Gasteiger partial charge is 0.242 e. The van der Waals surface area contributed by atoms with E-state index in [-0.39, 0.29) is 5.91 Å². The van der Waals surface area contributed by atoms with Gasteiger partial charge in [0.25, 0.3) is 0 Å². The van der Waals surface area contributed by atoms with Crippen LogP contribution in [0.2, 0.25) is 0 Å². The highest BCUT2D eigenvalue weighted by molar-refractivity contribution is 5.84. The number of carbonyl (C=O) groups excluding carboxylic acids is 1. The highest BCUT2D eigenvalue weighted by Crippen LogP contribution is 2.16. The quantitative estimate of drug-likeness (QED) is 0.620. The molecule has 0 aliphatic carbocycles. The highest BCUT2D eigenvalue weighted by Gasteiger charge is 2.29. The Labute approximate surface area is 85.5 Å². The van der Waals surface area contributed by atoms with Crippen molar-refractivity contribution in [2.45, 2.75) is 20.3 Å². The van der Waals surface area contributed by atoms with E-state index in [4.69, 9.17) is 10.00 Å². The summed E-state index contributed by atoms with van der Waals surface area (Å²) in [4.78, 5) is 13.2. The van der Waals surface area contributed by atoms with E-state index in [9.17, 15) is 4.79 Å². The third kappa shape index (κ3) is 3.75. The standard InChI is InChI=1S/C10H18N2O2/c1-10(2,8-11)9(13)12(3)6-5-7-14-4/h5-7H2,1-4H3. The van der Waals surface area contributed by atoms with Gasteiger partial charge in [0.2, 0.25) is 5.91 Å². The first-order chi connectivity index (χ1) is 6.45. The molecule has 0 saturated heterocycles. The van der Waals surface area contributed by atoms with E-state index < -0.39 is 5.41 Å². The molecule has 0 aromatic heterocycles.